The van der Waals surface area contributed by atoms with Crippen LogP contribution in [0.15, 0.2) is 12.4 Å². The van der Waals surface area contributed by atoms with Crippen LogP contribution in [0.1, 0.15) is 33.1 Å². The topological polar surface area (TPSA) is 84.3 Å². The molecule has 6 nitrogen and oxygen atoms in total. The predicted octanol–water partition coefficient (Wildman–Crippen LogP) is 1.93. The maximum Gasteiger partial charge on any atom is 0.329 e. The molecule has 0 spiro atoms. The number of carboxylic acids is 1. The van der Waals surface area contributed by atoms with E-state index in [2.05, 4.69) is 15.3 Å². The van der Waals surface area contributed by atoms with E-state index >= 15 is 0 Å². The van der Waals surface area contributed by atoms with Gasteiger partial charge in [-0.25, -0.2) is 14.8 Å². The predicted molar refractivity (Wildman–Crippen MR) is 70.2 cm³/mol. The quantitative estimate of drug-likeness (QED) is 0.783. The van der Waals surface area contributed by atoms with Gasteiger partial charge in [0.15, 0.2) is 0 Å². The number of aromatic nitrogens is 2. The van der Waals surface area contributed by atoms with Crippen molar-refractivity contribution in [3.8, 4) is 5.88 Å². The Morgan fingerprint density at radius 1 is 1.58 bits per heavy atom. The zero-order chi connectivity index (χ0) is 13.9. The Bertz CT molecular complexity index is 462. The lowest BCUT2D eigenvalue weighted by atomic mass is 9.96. The van der Waals surface area contributed by atoms with Crippen LogP contribution in [0, 0.1) is 5.92 Å². The number of nitrogens with zero attached hydrogens (tertiary/aromatic N) is 2. The third kappa shape index (κ3) is 3.13. The molecule has 1 fully saturated rings. The molecule has 104 valence electrons. The first-order valence-electron chi connectivity index (χ1n) is 6.52. The van der Waals surface area contributed by atoms with Crippen LogP contribution in [-0.4, -0.2) is 33.2 Å². The molecule has 19 heavy (non-hydrogen) atoms. The summed E-state index contributed by atoms with van der Waals surface area (Å²) >= 11 is 0. The van der Waals surface area contributed by atoms with Gasteiger partial charge < -0.3 is 15.2 Å². The Morgan fingerprint density at radius 3 is 2.89 bits per heavy atom. The van der Waals surface area contributed by atoms with Gasteiger partial charge in [0, 0.05) is 6.07 Å². The van der Waals surface area contributed by atoms with Gasteiger partial charge in [-0.15, -0.1) is 0 Å². The zero-order valence-electron chi connectivity index (χ0n) is 11.2. The lowest BCUT2D eigenvalue weighted by molar-refractivity contribution is -0.142. The first kappa shape index (κ1) is 13.6. The van der Waals surface area contributed by atoms with Gasteiger partial charge in [-0.05, 0) is 32.1 Å². The van der Waals surface area contributed by atoms with Crippen LogP contribution in [-0.2, 0) is 4.79 Å². The molecule has 1 aliphatic carbocycles. The van der Waals surface area contributed by atoms with Crippen LogP contribution in [0.5, 0.6) is 5.88 Å². The second-order valence-electron chi connectivity index (χ2n) is 5.00. The van der Waals surface area contributed by atoms with E-state index in [9.17, 15) is 9.90 Å². The molecule has 1 aliphatic rings. The van der Waals surface area contributed by atoms with Gasteiger partial charge >= 0.3 is 5.97 Å². The number of nitrogens with one attached hydrogen (secondary N) is 1. The smallest absolute Gasteiger partial charge is 0.329 e. The van der Waals surface area contributed by atoms with Gasteiger partial charge in [-0.3, -0.25) is 0 Å². The summed E-state index contributed by atoms with van der Waals surface area (Å²) in [4.78, 5) is 19.5. The summed E-state index contributed by atoms with van der Waals surface area (Å²) < 4.78 is 5.41. The minimum absolute atomic E-state index is 0.153. The second kappa shape index (κ2) is 5.42. The first-order valence-corrected chi connectivity index (χ1v) is 6.52. The van der Waals surface area contributed by atoms with Crippen LogP contribution in [0.25, 0.3) is 0 Å². The first-order chi connectivity index (χ1) is 9.06. The molecule has 1 aromatic heterocycles. The number of carboxylic acid groups (broad SMARTS) is 1. The fourth-order valence-corrected chi connectivity index (χ4v) is 1.95. The standard InChI is InChI=1S/C13H19N3O3/c1-3-6-19-11-7-10(14-8-15-11)16-13(2,12(17)18)9-4-5-9/h7-9H,3-6H2,1-2H3,(H,17,18)(H,14,15,16). The minimum atomic E-state index is -0.976. The van der Waals surface area contributed by atoms with Gasteiger partial charge in [0.1, 0.15) is 17.7 Å². The second-order valence-corrected chi connectivity index (χ2v) is 5.00. The molecule has 6 heteroatoms. The molecule has 2 rings (SSSR count). The monoisotopic (exact) mass is 265 g/mol. The highest BCUT2D eigenvalue weighted by Crippen LogP contribution is 2.41. The van der Waals surface area contributed by atoms with Crippen LogP contribution < -0.4 is 10.1 Å². The van der Waals surface area contributed by atoms with E-state index in [1.165, 1.54) is 6.33 Å². The molecule has 0 aromatic carbocycles. The van der Waals surface area contributed by atoms with Gasteiger partial charge in [0.25, 0.3) is 0 Å². The van der Waals surface area contributed by atoms with E-state index < -0.39 is 11.5 Å². The highest BCUT2D eigenvalue weighted by atomic mass is 16.5. The number of rotatable bonds is 7. The molecule has 1 atom stereocenters. The van der Waals surface area contributed by atoms with E-state index in [0.717, 1.165) is 19.3 Å². The third-order valence-electron chi connectivity index (χ3n) is 3.32. The van der Waals surface area contributed by atoms with Crippen LogP contribution in [0.3, 0.4) is 0 Å². The third-order valence-corrected chi connectivity index (χ3v) is 3.32. The molecular weight excluding hydrogens is 246 g/mol. The lowest BCUT2D eigenvalue weighted by Crippen LogP contribution is -2.45. The van der Waals surface area contributed by atoms with Crippen molar-refractivity contribution in [2.45, 2.75) is 38.6 Å². The van der Waals surface area contributed by atoms with E-state index in [1.807, 2.05) is 6.92 Å². The number of anilines is 1. The minimum Gasteiger partial charge on any atom is -0.480 e. The number of ether oxygens (including phenoxy) is 1. The van der Waals surface area contributed by atoms with Gasteiger partial charge in [-0.1, -0.05) is 6.92 Å². The Labute approximate surface area is 112 Å². The van der Waals surface area contributed by atoms with Crippen LogP contribution in [0.4, 0.5) is 5.82 Å². The van der Waals surface area contributed by atoms with Crippen molar-refractivity contribution in [3.05, 3.63) is 12.4 Å². The van der Waals surface area contributed by atoms with Crippen molar-refractivity contribution in [2.75, 3.05) is 11.9 Å². The molecule has 0 amide bonds. The van der Waals surface area contributed by atoms with E-state index in [4.69, 9.17) is 4.74 Å². The Balaban J connectivity index is 2.11. The van der Waals surface area contributed by atoms with Gasteiger partial charge in [0.05, 0.1) is 6.61 Å². The molecule has 0 aliphatic heterocycles. The van der Waals surface area contributed by atoms with Crippen molar-refractivity contribution >= 4 is 11.8 Å². The molecule has 0 bridgehead atoms. The van der Waals surface area contributed by atoms with Gasteiger partial charge in [0.2, 0.25) is 5.88 Å². The zero-order valence-corrected chi connectivity index (χ0v) is 11.2. The summed E-state index contributed by atoms with van der Waals surface area (Å²) in [5, 5.41) is 12.4. The Kier molecular flexibility index (Phi) is 3.87. The molecule has 0 radical (unpaired) electrons. The highest BCUT2D eigenvalue weighted by Gasteiger charge is 2.47. The van der Waals surface area contributed by atoms with Crippen LogP contribution >= 0.6 is 0 Å². The number of hydrogen-bond donors (Lipinski definition) is 2. The average molecular weight is 265 g/mol. The van der Waals surface area contributed by atoms with Crippen molar-refractivity contribution < 1.29 is 14.6 Å². The summed E-state index contributed by atoms with van der Waals surface area (Å²) in [6, 6.07) is 1.64. The summed E-state index contributed by atoms with van der Waals surface area (Å²) in [5.41, 5.74) is -0.976. The number of hydrogen-bond acceptors (Lipinski definition) is 5. The molecule has 1 aromatic rings. The van der Waals surface area contributed by atoms with Gasteiger partial charge in [-0.2, -0.15) is 0 Å². The summed E-state index contributed by atoms with van der Waals surface area (Å²) in [6.45, 7) is 4.28. The van der Waals surface area contributed by atoms with E-state index in [1.54, 1.807) is 13.0 Å². The molecular formula is C13H19N3O3. The van der Waals surface area contributed by atoms with Crippen molar-refractivity contribution in [2.24, 2.45) is 5.92 Å². The fraction of sp³-hybridized carbons (Fsp3) is 0.615. The lowest BCUT2D eigenvalue weighted by Gasteiger charge is -2.26. The maximum atomic E-state index is 11.4. The average Bonchev–Trinajstić information content (AvgIpc) is 3.21. The molecule has 1 unspecified atom stereocenters. The normalized spacial score (nSPS) is 17.6. The molecule has 1 heterocycles. The summed E-state index contributed by atoms with van der Waals surface area (Å²) in [7, 11) is 0. The van der Waals surface area contributed by atoms with E-state index in [0.29, 0.717) is 18.3 Å². The SMILES string of the molecule is CCCOc1cc(NC(C)(C(=O)O)C2CC2)ncn1. The summed E-state index contributed by atoms with van der Waals surface area (Å²) in [5.74, 6) is 0.241. The molecule has 0 saturated heterocycles. The number of aliphatic carboxylic acids is 1. The number of carbonyl (C=O) groups is 1. The van der Waals surface area contributed by atoms with Crippen molar-refractivity contribution in [3.63, 3.8) is 0 Å². The van der Waals surface area contributed by atoms with E-state index in [-0.39, 0.29) is 5.92 Å². The van der Waals surface area contributed by atoms with Crippen molar-refractivity contribution in [1.82, 2.24) is 9.97 Å². The fourth-order valence-electron chi connectivity index (χ4n) is 1.95. The van der Waals surface area contributed by atoms with Crippen molar-refractivity contribution in [1.29, 1.82) is 0 Å². The molecule has 2 N–H and O–H groups in total. The highest BCUT2D eigenvalue weighted by molar-refractivity contribution is 5.82. The Hall–Kier alpha value is -1.85. The summed E-state index contributed by atoms with van der Waals surface area (Å²) in [6.07, 6.45) is 4.13. The maximum absolute atomic E-state index is 11.4. The van der Waals surface area contributed by atoms with Crippen LogP contribution in [0.2, 0.25) is 0 Å². The Morgan fingerprint density at radius 2 is 2.32 bits per heavy atom. The molecule has 1 saturated carbocycles. The largest absolute Gasteiger partial charge is 0.480 e.